The zero-order valence-corrected chi connectivity index (χ0v) is 20.8. The number of aromatic nitrogens is 3. The molecule has 4 rings (SSSR count). The molecule has 200 valence electrons. The first-order chi connectivity index (χ1) is 18.3. The number of nitrogens with zero attached hydrogens (tertiary/aromatic N) is 3. The molecule has 38 heavy (non-hydrogen) atoms. The predicted octanol–water partition coefficient (Wildman–Crippen LogP) is 4.44. The number of nitrogens with one attached hydrogen (secondary N) is 5. The van der Waals surface area contributed by atoms with E-state index in [4.69, 9.17) is 15.0 Å². The second-order valence-electron chi connectivity index (χ2n) is 8.30. The van der Waals surface area contributed by atoms with Crippen molar-refractivity contribution in [2.24, 2.45) is 5.92 Å². The van der Waals surface area contributed by atoms with Gasteiger partial charge in [-0.15, -0.1) is 0 Å². The van der Waals surface area contributed by atoms with E-state index in [0.717, 1.165) is 12.2 Å². The fraction of sp³-hybridized carbons (Fsp3) is 0.280. The van der Waals surface area contributed by atoms with Crippen molar-refractivity contribution in [3.63, 3.8) is 0 Å². The van der Waals surface area contributed by atoms with E-state index in [1.807, 2.05) is 37.3 Å². The normalized spacial score (nSPS) is 12.1. The SMILES string of the molecule is CCNC(=O)Nc1cc(Nc2ccccc2)c(C(=O)Nc2cnc(NCC3CCC3)nc2)cn1.O=C(O)O. The predicted molar refractivity (Wildman–Crippen MR) is 143 cm³/mol. The van der Waals surface area contributed by atoms with Gasteiger partial charge < -0.3 is 31.5 Å². The molecule has 3 amide bonds. The Hall–Kier alpha value is -4.94. The number of urea groups is 1. The molecule has 7 N–H and O–H groups in total. The number of carboxylic acid groups (broad SMARTS) is 2. The molecule has 1 aliphatic rings. The quantitative estimate of drug-likeness (QED) is 0.211. The molecule has 0 spiro atoms. The number of carbonyl (C=O) groups is 3. The molecular formula is C25H30N8O5. The Bertz CT molecular complexity index is 1220. The Balaban J connectivity index is 0.000000934. The molecule has 1 aliphatic carbocycles. The Morgan fingerprint density at radius 2 is 1.63 bits per heavy atom. The van der Waals surface area contributed by atoms with Gasteiger partial charge in [0.2, 0.25) is 5.95 Å². The minimum Gasteiger partial charge on any atom is -0.450 e. The van der Waals surface area contributed by atoms with Crippen LogP contribution in [0.15, 0.2) is 55.0 Å². The number of rotatable bonds is 9. The van der Waals surface area contributed by atoms with Crippen LogP contribution in [0.5, 0.6) is 0 Å². The molecule has 0 aliphatic heterocycles. The van der Waals surface area contributed by atoms with Gasteiger partial charge in [-0.2, -0.15) is 0 Å². The highest BCUT2D eigenvalue weighted by molar-refractivity contribution is 6.08. The van der Waals surface area contributed by atoms with Gasteiger partial charge in [-0.1, -0.05) is 24.6 Å². The van der Waals surface area contributed by atoms with Gasteiger partial charge in [0.25, 0.3) is 5.91 Å². The Morgan fingerprint density at radius 1 is 0.947 bits per heavy atom. The second-order valence-corrected chi connectivity index (χ2v) is 8.30. The summed E-state index contributed by atoms with van der Waals surface area (Å²) in [6.07, 6.45) is 6.49. The molecule has 13 heteroatoms. The maximum atomic E-state index is 13.0. The summed E-state index contributed by atoms with van der Waals surface area (Å²) in [5.41, 5.74) is 2.05. The van der Waals surface area contributed by atoms with Crippen molar-refractivity contribution in [1.29, 1.82) is 0 Å². The van der Waals surface area contributed by atoms with Gasteiger partial charge in [-0.25, -0.2) is 24.5 Å². The van der Waals surface area contributed by atoms with Gasteiger partial charge in [0, 0.05) is 31.0 Å². The summed E-state index contributed by atoms with van der Waals surface area (Å²) in [4.78, 5) is 46.3. The van der Waals surface area contributed by atoms with Crippen LogP contribution in [0.25, 0.3) is 0 Å². The Labute approximate surface area is 219 Å². The van der Waals surface area contributed by atoms with Crippen LogP contribution in [0.2, 0.25) is 0 Å². The van der Waals surface area contributed by atoms with Gasteiger partial charge in [-0.05, 0) is 37.8 Å². The molecule has 3 aromatic rings. The van der Waals surface area contributed by atoms with Crippen molar-refractivity contribution in [3.8, 4) is 0 Å². The average molecular weight is 523 g/mol. The third-order valence-corrected chi connectivity index (χ3v) is 5.46. The maximum absolute atomic E-state index is 13.0. The highest BCUT2D eigenvalue weighted by Gasteiger charge is 2.18. The largest absolute Gasteiger partial charge is 0.503 e. The highest BCUT2D eigenvalue weighted by atomic mass is 16.6. The summed E-state index contributed by atoms with van der Waals surface area (Å²) in [5, 5.41) is 28.5. The topological polar surface area (TPSA) is 190 Å². The molecule has 2 heterocycles. The van der Waals surface area contributed by atoms with Crippen LogP contribution in [-0.4, -0.2) is 56.3 Å². The zero-order valence-electron chi connectivity index (χ0n) is 20.8. The first kappa shape index (κ1) is 27.6. The van der Waals surface area contributed by atoms with Gasteiger partial charge in [0.1, 0.15) is 5.82 Å². The van der Waals surface area contributed by atoms with E-state index in [-0.39, 0.29) is 11.9 Å². The summed E-state index contributed by atoms with van der Waals surface area (Å²) in [6.45, 7) is 3.17. The number of amides is 3. The lowest BCUT2D eigenvalue weighted by Crippen LogP contribution is -2.28. The summed E-state index contributed by atoms with van der Waals surface area (Å²) >= 11 is 0. The van der Waals surface area contributed by atoms with E-state index in [1.54, 1.807) is 18.5 Å². The highest BCUT2D eigenvalue weighted by Crippen LogP contribution is 2.26. The molecule has 13 nitrogen and oxygen atoms in total. The first-order valence-electron chi connectivity index (χ1n) is 12.0. The van der Waals surface area contributed by atoms with E-state index < -0.39 is 6.16 Å². The molecule has 1 aromatic carbocycles. The summed E-state index contributed by atoms with van der Waals surface area (Å²) < 4.78 is 0. The van der Waals surface area contributed by atoms with Crippen LogP contribution in [0.3, 0.4) is 0 Å². The molecule has 2 aromatic heterocycles. The van der Waals surface area contributed by atoms with Crippen molar-refractivity contribution in [2.45, 2.75) is 26.2 Å². The first-order valence-corrected chi connectivity index (χ1v) is 12.0. The van der Waals surface area contributed by atoms with Crippen LogP contribution >= 0.6 is 0 Å². The third-order valence-electron chi connectivity index (χ3n) is 5.46. The number of hydrogen-bond donors (Lipinski definition) is 7. The lowest BCUT2D eigenvalue weighted by Gasteiger charge is -2.25. The molecule has 0 bridgehead atoms. The number of carbonyl (C=O) groups excluding carboxylic acids is 2. The molecule has 0 unspecified atom stereocenters. The molecule has 1 fully saturated rings. The molecule has 0 radical (unpaired) electrons. The van der Waals surface area contributed by atoms with Gasteiger partial charge in [0.15, 0.2) is 0 Å². The monoisotopic (exact) mass is 522 g/mol. The van der Waals surface area contributed by atoms with Crippen molar-refractivity contribution in [2.75, 3.05) is 34.4 Å². The van der Waals surface area contributed by atoms with E-state index in [0.29, 0.717) is 41.2 Å². The third kappa shape index (κ3) is 8.93. The maximum Gasteiger partial charge on any atom is 0.503 e. The fourth-order valence-electron chi connectivity index (χ4n) is 3.42. The number of para-hydroxylation sites is 1. The lowest BCUT2D eigenvalue weighted by atomic mass is 9.85. The minimum absolute atomic E-state index is 0.303. The number of anilines is 5. The summed E-state index contributed by atoms with van der Waals surface area (Å²) in [5.74, 6) is 1.16. The minimum atomic E-state index is -1.83. The molecule has 1 saturated carbocycles. The number of hydrogen-bond acceptors (Lipinski definition) is 8. The van der Waals surface area contributed by atoms with Crippen LogP contribution in [-0.2, 0) is 0 Å². The standard InChI is InChI=1S/C24H28N8O2.CH2O3/c1-2-25-24(34)32-21-11-20(30-17-9-4-3-5-10-17)19(15-26-21)22(33)31-18-13-28-23(29-14-18)27-12-16-7-6-8-16;2-1(3)4/h3-5,9-11,13-16H,2,6-8,12H2,1H3,(H,31,33)(H,27,28,29)(H3,25,26,30,32,34);(H2,2,3,4). The van der Waals surface area contributed by atoms with Crippen LogP contribution < -0.4 is 26.6 Å². The number of pyridine rings is 1. The van der Waals surface area contributed by atoms with Crippen LogP contribution in [0.4, 0.5) is 38.4 Å². The van der Waals surface area contributed by atoms with Crippen molar-refractivity contribution in [1.82, 2.24) is 20.3 Å². The van der Waals surface area contributed by atoms with E-state index in [1.165, 1.54) is 25.5 Å². The smallest absolute Gasteiger partial charge is 0.450 e. The Morgan fingerprint density at radius 3 is 2.24 bits per heavy atom. The van der Waals surface area contributed by atoms with Crippen molar-refractivity contribution >= 4 is 46.9 Å². The Kier molecular flexibility index (Phi) is 10.2. The van der Waals surface area contributed by atoms with Crippen molar-refractivity contribution in [3.05, 3.63) is 60.6 Å². The average Bonchev–Trinajstić information content (AvgIpc) is 2.85. The summed E-state index contributed by atoms with van der Waals surface area (Å²) in [6, 6.07) is 10.7. The van der Waals surface area contributed by atoms with Crippen LogP contribution in [0.1, 0.15) is 36.5 Å². The van der Waals surface area contributed by atoms with E-state index >= 15 is 0 Å². The zero-order chi connectivity index (χ0) is 27.3. The van der Waals surface area contributed by atoms with Gasteiger partial charge >= 0.3 is 12.2 Å². The summed E-state index contributed by atoms with van der Waals surface area (Å²) in [7, 11) is 0. The van der Waals surface area contributed by atoms with Gasteiger partial charge in [-0.3, -0.25) is 10.1 Å². The van der Waals surface area contributed by atoms with E-state index in [2.05, 4.69) is 41.5 Å². The fourth-order valence-corrected chi connectivity index (χ4v) is 3.42. The van der Waals surface area contributed by atoms with E-state index in [9.17, 15) is 9.59 Å². The lowest BCUT2D eigenvalue weighted by molar-refractivity contribution is 0.102. The van der Waals surface area contributed by atoms with Crippen molar-refractivity contribution < 1.29 is 24.6 Å². The molecule has 0 atom stereocenters. The number of benzene rings is 1. The van der Waals surface area contributed by atoms with Crippen LogP contribution in [0, 0.1) is 5.92 Å². The second kappa shape index (κ2) is 14.0. The van der Waals surface area contributed by atoms with Gasteiger partial charge in [0.05, 0.1) is 29.3 Å². The molecular weight excluding hydrogens is 492 g/mol. The molecule has 0 saturated heterocycles.